The highest BCUT2D eigenvalue weighted by molar-refractivity contribution is 5.20. The van der Waals surface area contributed by atoms with Crippen molar-refractivity contribution >= 4 is 0 Å². The minimum absolute atomic E-state index is 0.541. The topological polar surface area (TPSA) is 18.5 Å². The third-order valence-electron chi connectivity index (χ3n) is 4.17. The molecule has 0 aliphatic carbocycles. The van der Waals surface area contributed by atoms with E-state index in [2.05, 4.69) is 66.3 Å². The summed E-state index contributed by atoms with van der Waals surface area (Å²) in [5, 5.41) is 3.46. The minimum Gasteiger partial charge on any atom is -0.317 e. The predicted molar refractivity (Wildman–Crippen MR) is 86.0 cm³/mol. The highest BCUT2D eigenvalue weighted by Crippen LogP contribution is 2.25. The van der Waals surface area contributed by atoms with Crippen LogP contribution in [0.3, 0.4) is 0 Å². The number of piperazine rings is 1. The molecule has 1 aromatic rings. The smallest absolute Gasteiger partial charge is 0.0475 e. The molecule has 0 aromatic heterocycles. The van der Waals surface area contributed by atoms with Crippen LogP contribution in [0.1, 0.15) is 25.5 Å². The maximum absolute atomic E-state index is 3.46. The maximum atomic E-state index is 3.46. The standard InChI is InChI=1S/C17H29N3/c1-4-18-12-15(2)13-20-11-10-19(3)14-17(20)16-8-6-5-7-9-16/h5-9,15,17-18H,4,10-14H2,1-3H3. The van der Waals surface area contributed by atoms with Gasteiger partial charge >= 0.3 is 0 Å². The molecule has 3 heteroatoms. The van der Waals surface area contributed by atoms with Gasteiger partial charge in [-0.15, -0.1) is 0 Å². The predicted octanol–water partition coefficient (Wildman–Crippen LogP) is 2.22. The lowest BCUT2D eigenvalue weighted by Gasteiger charge is -2.41. The van der Waals surface area contributed by atoms with E-state index in [0.29, 0.717) is 12.0 Å². The lowest BCUT2D eigenvalue weighted by Crippen LogP contribution is -2.48. The molecule has 0 radical (unpaired) electrons. The van der Waals surface area contributed by atoms with Crippen LogP contribution in [0.4, 0.5) is 0 Å². The molecule has 1 heterocycles. The van der Waals surface area contributed by atoms with E-state index in [1.54, 1.807) is 0 Å². The summed E-state index contributed by atoms with van der Waals surface area (Å²) in [5.74, 6) is 0.699. The van der Waals surface area contributed by atoms with Crippen LogP contribution in [0.15, 0.2) is 30.3 Å². The Morgan fingerprint density at radius 3 is 2.70 bits per heavy atom. The zero-order valence-electron chi connectivity index (χ0n) is 13.2. The quantitative estimate of drug-likeness (QED) is 0.859. The molecule has 1 N–H and O–H groups in total. The zero-order valence-corrected chi connectivity index (χ0v) is 13.2. The number of rotatable bonds is 6. The van der Waals surface area contributed by atoms with Gasteiger partial charge in [0.2, 0.25) is 0 Å². The number of hydrogen-bond donors (Lipinski definition) is 1. The largest absolute Gasteiger partial charge is 0.317 e. The van der Waals surface area contributed by atoms with Crippen molar-refractivity contribution in [1.82, 2.24) is 15.1 Å². The molecule has 2 atom stereocenters. The summed E-state index contributed by atoms with van der Waals surface area (Å²) in [7, 11) is 2.23. The fraction of sp³-hybridized carbons (Fsp3) is 0.647. The monoisotopic (exact) mass is 275 g/mol. The Morgan fingerprint density at radius 1 is 1.25 bits per heavy atom. The second-order valence-corrected chi connectivity index (χ2v) is 6.10. The molecule has 0 bridgehead atoms. The van der Waals surface area contributed by atoms with Crippen molar-refractivity contribution in [3.63, 3.8) is 0 Å². The number of benzene rings is 1. The summed E-state index contributed by atoms with van der Waals surface area (Å²) in [6.45, 7) is 11.4. The maximum Gasteiger partial charge on any atom is 0.0475 e. The van der Waals surface area contributed by atoms with Gasteiger partial charge in [0.1, 0.15) is 0 Å². The van der Waals surface area contributed by atoms with E-state index < -0.39 is 0 Å². The number of nitrogens with zero attached hydrogens (tertiary/aromatic N) is 2. The van der Waals surface area contributed by atoms with Crippen LogP contribution < -0.4 is 5.32 Å². The van der Waals surface area contributed by atoms with E-state index in [4.69, 9.17) is 0 Å². The molecule has 20 heavy (non-hydrogen) atoms. The van der Waals surface area contributed by atoms with Crippen LogP contribution >= 0.6 is 0 Å². The summed E-state index contributed by atoms with van der Waals surface area (Å²) in [4.78, 5) is 5.11. The van der Waals surface area contributed by atoms with Crippen LogP contribution in [0.5, 0.6) is 0 Å². The van der Waals surface area contributed by atoms with Crippen molar-refractivity contribution in [2.24, 2.45) is 5.92 Å². The Kier molecular flexibility index (Phi) is 6.02. The van der Waals surface area contributed by atoms with E-state index in [1.807, 2.05) is 0 Å². The Bertz CT molecular complexity index is 379. The summed E-state index contributed by atoms with van der Waals surface area (Å²) in [6.07, 6.45) is 0. The van der Waals surface area contributed by atoms with Crippen molar-refractivity contribution in [2.75, 3.05) is 46.3 Å². The molecule has 1 aliphatic heterocycles. The summed E-state index contributed by atoms with van der Waals surface area (Å²) < 4.78 is 0. The Labute approximate surface area is 124 Å². The van der Waals surface area contributed by atoms with Gasteiger partial charge in [0, 0.05) is 32.2 Å². The molecule has 2 unspecified atom stereocenters. The fourth-order valence-corrected chi connectivity index (χ4v) is 3.02. The van der Waals surface area contributed by atoms with Crippen LogP contribution in [-0.2, 0) is 0 Å². The molecule has 1 aromatic carbocycles. The third kappa shape index (κ3) is 4.30. The fourth-order valence-electron chi connectivity index (χ4n) is 3.02. The highest BCUT2D eigenvalue weighted by Gasteiger charge is 2.27. The first-order chi connectivity index (χ1) is 9.70. The van der Waals surface area contributed by atoms with Crippen molar-refractivity contribution in [3.05, 3.63) is 35.9 Å². The second kappa shape index (κ2) is 7.77. The van der Waals surface area contributed by atoms with E-state index in [-0.39, 0.29) is 0 Å². The van der Waals surface area contributed by atoms with Crippen LogP contribution in [-0.4, -0.2) is 56.1 Å². The van der Waals surface area contributed by atoms with Gasteiger partial charge < -0.3 is 10.2 Å². The van der Waals surface area contributed by atoms with Crippen LogP contribution in [0.25, 0.3) is 0 Å². The Hall–Kier alpha value is -0.900. The van der Waals surface area contributed by atoms with Crippen LogP contribution in [0.2, 0.25) is 0 Å². The average Bonchev–Trinajstić information content (AvgIpc) is 2.48. The number of hydrogen-bond acceptors (Lipinski definition) is 3. The van der Waals surface area contributed by atoms with E-state index in [1.165, 1.54) is 25.2 Å². The van der Waals surface area contributed by atoms with Gasteiger partial charge in [-0.1, -0.05) is 44.2 Å². The molecule has 1 saturated heterocycles. The zero-order chi connectivity index (χ0) is 14.4. The van der Waals surface area contributed by atoms with Gasteiger partial charge in [-0.25, -0.2) is 0 Å². The molecular formula is C17H29N3. The van der Waals surface area contributed by atoms with Gasteiger partial charge in [-0.3, -0.25) is 4.90 Å². The lowest BCUT2D eigenvalue weighted by molar-refractivity contribution is 0.0772. The van der Waals surface area contributed by atoms with Crippen LogP contribution in [0, 0.1) is 5.92 Å². The Balaban J connectivity index is 2.01. The number of likely N-dealkylation sites (N-methyl/N-ethyl adjacent to an activating group) is 1. The highest BCUT2D eigenvalue weighted by atomic mass is 15.3. The Morgan fingerprint density at radius 2 is 2.00 bits per heavy atom. The van der Waals surface area contributed by atoms with Gasteiger partial charge in [0.15, 0.2) is 0 Å². The summed E-state index contributed by atoms with van der Waals surface area (Å²) in [5.41, 5.74) is 1.45. The van der Waals surface area contributed by atoms with Crippen molar-refractivity contribution in [1.29, 1.82) is 0 Å². The molecule has 0 saturated carbocycles. The van der Waals surface area contributed by atoms with E-state index in [0.717, 1.165) is 19.6 Å². The average molecular weight is 275 g/mol. The van der Waals surface area contributed by atoms with Crippen molar-refractivity contribution < 1.29 is 0 Å². The van der Waals surface area contributed by atoms with Gasteiger partial charge in [-0.2, -0.15) is 0 Å². The van der Waals surface area contributed by atoms with E-state index in [9.17, 15) is 0 Å². The summed E-state index contributed by atoms with van der Waals surface area (Å²) in [6, 6.07) is 11.5. The second-order valence-electron chi connectivity index (χ2n) is 6.10. The third-order valence-corrected chi connectivity index (χ3v) is 4.17. The first-order valence-electron chi connectivity index (χ1n) is 7.89. The molecule has 1 aliphatic rings. The molecule has 112 valence electrons. The molecule has 0 amide bonds. The minimum atomic E-state index is 0.541. The van der Waals surface area contributed by atoms with Gasteiger partial charge in [-0.05, 0) is 31.6 Å². The molecule has 0 spiro atoms. The molecule has 1 fully saturated rings. The normalized spacial score (nSPS) is 22.9. The van der Waals surface area contributed by atoms with Crippen molar-refractivity contribution in [3.8, 4) is 0 Å². The SMILES string of the molecule is CCNCC(C)CN1CCN(C)CC1c1ccccc1. The van der Waals surface area contributed by atoms with Gasteiger partial charge in [0.05, 0.1) is 0 Å². The lowest BCUT2D eigenvalue weighted by atomic mass is 10.0. The first-order valence-corrected chi connectivity index (χ1v) is 7.89. The number of nitrogens with one attached hydrogen (secondary N) is 1. The molecular weight excluding hydrogens is 246 g/mol. The first kappa shape index (κ1) is 15.5. The molecule has 3 nitrogen and oxygen atoms in total. The van der Waals surface area contributed by atoms with E-state index >= 15 is 0 Å². The summed E-state index contributed by atoms with van der Waals surface area (Å²) >= 11 is 0. The molecule has 2 rings (SSSR count). The van der Waals surface area contributed by atoms with Gasteiger partial charge in [0.25, 0.3) is 0 Å². The van der Waals surface area contributed by atoms with Crippen molar-refractivity contribution in [2.45, 2.75) is 19.9 Å².